The molecule has 1 heterocycles. The summed E-state index contributed by atoms with van der Waals surface area (Å²) in [6, 6.07) is 4.91. The molecule has 0 saturated carbocycles. The molecule has 1 fully saturated rings. The van der Waals surface area contributed by atoms with Crippen molar-refractivity contribution in [2.75, 3.05) is 13.2 Å². The standard InChI is InChI=1S/C13H13FN2O4/c1-8-13(19)15-11(17)6-16(8)12(18)7-20-10-5-3-2-4-9(10)14/h2-5,8H,6-7H2,1H3,(H,15,17,19). The van der Waals surface area contributed by atoms with Crippen LogP contribution in [-0.4, -0.2) is 41.8 Å². The van der Waals surface area contributed by atoms with Crippen molar-refractivity contribution >= 4 is 17.7 Å². The average Bonchev–Trinajstić information content (AvgIpc) is 2.41. The van der Waals surface area contributed by atoms with Gasteiger partial charge in [-0.2, -0.15) is 0 Å². The number of para-hydroxylation sites is 1. The molecular weight excluding hydrogens is 267 g/mol. The Morgan fingerprint density at radius 1 is 1.45 bits per heavy atom. The van der Waals surface area contributed by atoms with Gasteiger partial charge in [-0.1, -0.05) is 12.1 Å². The summed E-state index contributed by atoms with van der Waals surface area (Å²) in [6.07, 6.45) is 0. The van der Waals surface area contributed by atoms with Gasteiger partial charge in [-0.3, -0.25) is 19.7 Å². The molecule has 0 bridgehead atoms. The highest BCUT2D eigenvalue weighted by Crippen LogP contribution is 2.15. The Morgan fingerprint density at radius 3 is 2.85 bits per heavy atom. The number of hydrogen-bond donors (Lipinski definition) is 1. The van der Waals surface area contributed by atoms with E-state index in [4.69, 9.17) is 4.74 Å². The Morgan fingerprint density at radius 2 is 2.15 bits per heavy atom. The van der Waals surface area contributed by atoms with Crippen LogP contribution in [0.5, 0.6) is 5.75 Å². The second-order valence-corrected chi connectivity index (χ2v) is 4.33. The molecule has 1 unspecified atom stereocenters. The summed E-state index contributed by atoms with van der Waals surface area (Å²) in [5.41, 5.74) is 0. The summed E-state index contributed by atoms with van der Waals surface area (Å²) in [5.74, 6) is -2.28. The Bertz CT molecular complexity index is 561. The van der Waals surface area contributed by atoms with Crippen molar-refractivity contribution in [2.24, 2.45) is 0 Å². The molecule has 2 rings (SSSR count). The number of amides is 3. The third-order valence-corrected chi connectivity index (χ3v) is 2.93. The van der Waals surface area contributed by atoms with E-state index in [0.717, 1.165) is 4.90 Å². The first-order valence-electron chi connectivity index (χ1n) is 5.99. The number of halogens is 1. The van der Waals surface area contributed by atoms with Gasteiger partial charge in [0.15, 0.2) is 18.2 Å². The van der Waals surface area contributed by atoms with Crippen molar-refractivity contribution in [3.05, 3.63) is 30.1 Å². The summed E-state index contributed by atoms with van der Waals surface area (Å²) < 4.78 is 18.4. The summed E-state index contributed by atoms with van der Waals surface area (Å²) >= 11 is 0. The summed E-state index contributed by atoms with van der Waals surface area (Å²) in [6.45, 7) is 0.848. The maximum atomic E-state index is 13.3. The highest BCUT2D eigenvalue weighted by Gasteiger charge is 2.33. The number of nitrogens with one attached hydrogen (secondary N) is 1. The molecule has 0 aromatic heterocycles. The molecule has 106 valence electrons. The number of hydrogen-bond acceptors (Lipinski definition) is 4. The van der Waals surface area contributed by atoms with E-state index in [2.05, 4.69) is 5.32 Å². The Hall–Kier alpha value is -2.44. The molecule has 0 spiro atoms. The van der Waals surface area contributed by atoms with Gasteiger partial charge in [-0.05, 0) is 19.1 Å². The van der Waals surface area contributed by atoms with E-state index in [0.29, 0.717) is 0 Å². The van der Waals surface area contributed by atoms with E-state index in [-0.39, 0.29) is 12.3 Å². The van der Waals surface area contributed by atoms with Gasteiger partial charge < -0.3 is 9.64 Å². The minimum absolute atomic E-state index is 0.0544. The normalized spacial score (nSPS) is 18.7. The predicted molar refractivity (Wildman–Crippen MR) is 66.2 cm³/mol. The lowest BCUT2D eigenvalue weighted by Crippen LogP contribution is -2.59. The van der Waals surface area contributed by atoms with Crippen LogP contribution in [0.2, 0.25) is 0 Å². The zero-order valence-electron chi connectivity index (χ0n) is 10.8. The SMILES string of the molecule is CC1C(=O)NC(=O)CN1C(=O)COc1ccccc1F. The minimum atomic E-state index is -0.760. The van der Waals surface area contributed by atoms with Gasteiger partial charge in [-0.25, -0.2) is 4.39 Å². The summed E-state index contributed by atoms with van der Waals surface area (Å²) in [4.78, 5) is 35.7. The first kappa shape index (κ1) is 14.0. The maximum absolute atomic E-state index is 13.3. The van der Waals surface area contributed by atoms with Crippen LogP contribution in [0.1, 0.15) is 6.92 Å². The molecule has 1 aromatic carbocycles. The van der Waals surface area contributed by atoms with Gasteiger partial charge in [0.1, 0.15) is 12.6 Å². The van der Waals surface area contributed by atoms with Gasteiger partial charge >= 0.3 is 0 Å². The second kappa shape index (κ2) is 5.68. The van der Waals surface area contributed by atoms with Crippen LogP contribution in [0.15, 0.2) is 24.3 Å². The molecule has 1 aliphatic heterocycles. The molecule has 1 atom stereocenters. The molecule has 7 heteroatoms. The summed E-state index contributed by atoms with van der Waals surface area (Å²) in [5, 5.41) is 2.12. The molecule has 6 nitrogen and oxygen atoms in total. The zero-order chi connectivity index (χ0) is 14.7. The Balaban J connectivity index is 1.99. The van der Waals surface area contributed by atoms with Crippen molar-refractivity contribution in [1.29, 1.82) is 0 Å². The summed E-state index contributed by atoms with van der Waals surface area (Å²) in [7, 11) is 0. The topological polar surface area (TPSA) is 75.7 Å². The van der Waals surface area contributed by atoms with Crippen molar-refractivity contribution in [2.45, 2.75) is 13.0 Å². The molecule has 0 radical (unpaired) electrons. The number of nitrogens with zero attached hydrogens (tertiary/aromatic N) is 1. The second-order valence-electron chi connectivity index (χ2n) is 4.33. The average molecular weight is 280 g/mol. The van der Waals surface area contributed by atoms with Gasteiger partial charge in [0.2, 0.25) is 11.8 Å². The highest BCUT2D eigenvalue weighted by molar-refractivity contribution is 6.04. The number of benzene rings is 1. The van der Waals surface area contributed by atoms with E-state index >= 15 is 0 Å². The quantitative estimate of drug-likeness (QED) is 0.795. The number of piperazine rings is 1. The highest BCUT2D eigenvalue weighted by atomic mass is 19.1. The van der Waals surface area contributed by atoms with Gasteiger partial charge in [0.05, 0.1) is 0 Å². The molecule has 1 N–H and O–H groups in total. The lowest BCUT2D eigenvalue weighted by molar-refractivity contribution is -0.150. The van der Waals surface area contributed by atoms with Crippen LogP contribution < -0.4 is 10.1 Å². The largest absolute Gasteiger partial charge is 0.481 e. The van der Waals surface area contributed by atoms with E-state index in [1.807, 2.05) is 0 Å². The van der Waals surface area contributed by atoms with Crippen LogP contribution >= 0.6 is 0 Å². The van der Waals surface area contributed by atoms with E-state index in [9.17, 15) is 18.8 Å². The zero-order valence-corrected chi connectivity index (χ0v) is 10.8. The van der Waals surface area contributed by atoms with Crippen molar-refractivity contribution in [3.8, 4) is 5.75 Å². The number of ether oxygens (including phenoxy) is 1. The smallest absolute Gasteiger partial charge is 0.261 e. The van der Waals surface area contributed by atoms with Crippen LogP contribution in [0.3, 0.4) is 0 Å². The molecule has 20 heavy (non-hydrogen) atoms. The van der Waals surface area contributed by atoms with Gasteiger partial charge in [0.25, 0.3) is 5.91 Å². The minimum Gasteiger partial charge on any atom is -0.481 e. The Kier molecular flexibility index (Phi) is 3.97. The fourth-order valence-electron chi connectivity index (χ4n) is 1.80. The molecule has 1 saturated heterocycles. The first-order valence-corrected chi connectivity index (χ1v) is 5.99. The number of imide groups is 1. The number of carbonyl (C=O) groups is 3. The van der Waals surface area contributed by atoms with Crippen LogP contribution in [-0.2, 0) is 14.4 Å². The predicted octanol–water partition coefficient (Wildman–Crippen LogP) is 0.0780. The van der Waals surface area contributed by atoms with Crippen molar-refractivity contribution < 1.29 is 23.5 Å². The first-order chi connectivity index (χ1) is 9.49. The molecule has 1 aliphatic rings. The lowest BCUT2D eigenvalue weighted by atomic mass is 10.2. The number of carbonyl (C=O) groups excluding carboxylic acids is 3. The van der Waals surface area contributed by atoms with Gasteiger partial charge in [0, 0.05) is 0 Å². The van der Waals surface area contributed by atoms with E-state index in [1.165, 1.54) is 25.1 Å². The van der Waals surface area contributed by atoms with E-state index in [1.54, 1.807) is 6.07 Å². The van der Waals surface area contributed by atoms with Crippen molar-refractivity contribution in [1.82, 2.24) is 10.2 Å². The molecule has 3 amide bonds. The maximum Gasteiger partial charge on any atom is 0.261 e. The van der Waals surface area contributed by atoms with Gasteiger partial charge in [-0.15, -0.1) is 0 Å². The monoisotopic (exact) mass is 280 g/mol. The fourth-order valence-corrected chi connectivity index (χ4v) is 1.80. The lowest BCUT2D eigenvalue weighted by Gasteiger charge is -2.31. The van der Waals surface area contributed by atoms with Crippen molar-refractivity contribution in [3.63, 3.8) is 0 Å². The molecule has 1 aromatic rings. The van der Waals surface area contributed by atoms with Crippen LogP contribution in [0.4, 0.5) is 4.39 Å². The number of rotatable bonds is 3. The van der Waals surface area contributed by atoms with Crippen LogP contribution in [0, 0.1) is 5.82 Å². The Labute approximate surface area is 114 Å². The molecule has 0 aliphatic carbocycles. The third-order valence-electron chi connectivity index (χ3n) is 2.93. The fraction of sp³-hybridized carbons (Fsp3) is 0.308. The van der Waals surface area contributed by atoms with Crippen LogP contribution in [0.25, 0.3) is 0 Å². The molecular formula is C13H13FN2O4. The third kappa shape index (κ3) is 2.93. The van der Waals surface area contributed by atoms with E-state index < -0.39 is 36.2 Å².